The molecule has 0 aliphatic carbocycles. The molecule has 3 atom stereocenters. The quantitative estimate of drug-likeness (QED) is 0.679. The molecule has 1 saturated heterocycles. The Morgan fingerprint density at radius 1 is 1.71 bits per heavy atom. The van der Waals surface area contributed by atoms with Crippen LogP contribution in [0.3, 0.4) is 0 Å². The molecule has 0 radical (unpaired) electrons. The molecule has 1 amide bonds. The topological polar surface area (TPSA) is 49.8 Å². The molecule has 3 unspecified atom stereocenters. The minimum absolute atomic E-state index is 0.0414. The fourth-order valence-electron chi connectivity index (χ4n) is 1.58. The van der Waals surface area contributed by atoms with Gasteiger partial charge < -0.3 is 14.7 Å². The summed E-state index contributed by atoms with van der Waals surface area (Å²) in [5.41, 5.74) is 0. The fraction of sp³-hybridized carbons (Fsp3) is 0.889. The third kappa shape index (κ3) is 2.83. The van der Waals surface area contributed by atoms with E-state index in [0.717, 1.165) is 0 Å². The lowest BCUT2D eigenvalue weighted by molar-refractivity contribution is -0.146. The molecular formula is C9H16ClNO3. The van der Waals surface area contributed by atoms with Gasteiger partial charge in [0.15, 0.2) is 0 Å². The SMILES string of the molecule is CC1CN(C(=O)C(C)Cl)CC(CO)O1. The summed E-state index contributed by atoms with van der Waals surface area (Å²) >= 11 is 5.71. The predicted molar refractivity (Wildman–Crippen MR) is 53.3 cm³/mol. The molecule has 0 aromatic carbocycles. The normalized spacial score (nSPS) is 30.1. The summed E-state index contributed by atoms with van der Waals surface area (Å²) in [6.45, 7) is 4.44. The van der Waals surface area contributed by atoms with Gasteiger partial charge in [-0.1, -0.05) is 0 Å². The molecular weight excluding hydrogens is 206 g/mol. The van der Waals surface area contributed by atoms with Gasteiger partial charge in [0.2, 0.25) is 5.91 Å². The first-order chi connectivity index (χ1) is 6.54. The number of alkyl halides is 1. The summed E-state index contributed by atoms with van der Waals surface area (Å²) < 4.78 is 5.41. The van der Waals surface area contributed by atoms with Crippen molar-refractivity contribution in [3.63, 3.8) is 0 Å². The Morgan fingerprint density at radius 2 is 2.36 bits per heavy atom. The third-order valence-electron chi connectivity index (χ3n) is 2.18. The zero-order valence-corrected chi connectivity index (χ0v) is 9.20. The van der Waals surface area contributed by atoms with Gasteiger partial charge in [0.1, 0.15) is 5.38 Å². The number of morpholine rings is 1. The number of aliphatic hydroxyl groups excluding tert-OH is 1. The summed E-state index contributed by atoms with van der Waals surface area (Å²) in [5.74, 6) is -0.0970. The predicted octanol–water partition coefficient (Wildman–Crippen LogP) is 0.222. The van der Waals surface area contributed by atoms with Crippen LogP contribution in [-0.2, 0) is 9.53 Å². The van der Waals surface area contributed by atoms with Gasteiger partial charge in [-0.25, -0.2) is 0 Å². The molecule has 1 aliphatic heterocycles. The zero-order chi connectivity index (χ0) is 10.7. The third-order valence-corrected chi connectivity index (χ3v) is 2.37. The van der Waals surface area contributed by atoms with E-state index >= 15 is 0 Å². The van der Waals surface area contributed by atoms with Crippen molar-refractivity contribution in [3.05, 3.63) is 0 Å². The average Bonchev–Trinajstić information content (AvgIpc) is 2.15. The Balaban J connectivity index is 2.57. The molecule has 0 spiro atoms. The summed E-state index contributed by atoms with van der Waals surface area (Å²) in [4.78, 5) is 13.2. The lowest BCUT2D eigenvalue weighted by Crippen LogP contribution is -2.51. The van der Waals surface area contributed by atoms with Gasteiger partial charge in [-0.15, -0.1) is 11.6 Å². The summed E-state index contributed by atoms with van der Waals surface area (Å²) in [7, 11) is 0. The maximum atomic E-state index is 11.6. The van der Waals surface area contributed by atoms with Crippen LogP contribution in [0.15, 0.2) is 0 Å². The molecule has 82 valence electrons. The monoisotopic (exact) mass is 221 g/mol. The highest BCUT2D eigenvalue weighted by Crippen LogP contribution is 2.13. The number of halogens is 1. The highest BCUT2D eigenvalue weighted by molar-refractivity contribution is 6.30. The lowest BCUT2D eigenvalue weighted by atomic mass is 10.2. The summed E-state index contributed by atoms with van der Waals surface area (Å²) in [5, 5.41) is 8.44. The van der Waals surface area contributed by atoms with E-state index in [1.165, 1.54) is 0 Å². The van der Waals surface area contributed by atoms with Crippen LogP contribution in [0.1, 0.15) is 13.8 Å². The number of nitrogens with zero attached hydrogens (tertiary/aromatic N) is 1. The number of hydrogen-bond acceptors (Lipinski definition) is 3. The van der Waals surface area contributed by atoms with Gasteiger partial charge >= 0.3 is 0 Å². The number of aliphatic hydroxyl groups is 1. The molecule has 1 rings (SSSR count). The van der Waals surface area contributed by atoms with Crippen molar-refractivity contribution in [1.29, 1.82) is 0 Å². The van der Waals surface area contributed by atoms with Gasteiger partial charge in [-0.3, -0.25) is 4.79 Å². The first-order valence-electron chi connectivity index (χ1n) is 4.73. The number of carbonyl (C=O) groups is 1. The Kier molecular flexibility index (Phi) is 4.16. The van der Waals surface area contributed by atoms with Crippen LogP contribution in [0.25, 0.3) is 0 Å². The summed E-state index contributed by atoms with van der Waals surface area (Å²) in [6, 6.07) is 0. The number of ether oxygens (including phenoxy) is 1. The second kappa shape index (κ2) is 4.96. The van der Waals surface area contributed by atoms with Crippen LogP contribution in [0.5, 0.6) is 0 Å². The van der Waals surface area contributed by atoms with Crippen molar-refractivity contribution in [2.75, 3.05) is 19.7 Å². The number of hydrogen-bond donors (Lipinski definition) is 1. The zero-order valence-electron chi connectivity index (χ0n) is 8.44. The van der Waals surface area contributed by atoms with Gasteiger partial charge in [-0.2, -0.15) is 0 Å². The smallest absolute Gasteiger partial charge is 0.240 e. The van der Waals surface area contributed by atoms with E-state index in [4.69, 9.17) is 21.4 Å². The van der Waals surface area contributed by atoms with E-state index < -0.39 is 5.38 Å². The molecule has 1 heterocycles. The van der Waals surface area contributed by atoms with Gasteiger partial charge in [0.25, 0.3) is 0 Å². The second-order valence-corrected chi connectivity index (χ2v) is 4.27. The van der Waals surface area contributed by atoms with Gasteiger partial charge in [0, 0.05) is 13.1 Å². The van der Waals surface area contributed by atoms with Crippen LogP contribution in [0.2, 0.25) is 0 Å². The Morgan fingerprint density at radius 3 is 2.86 bits per heavy atom. The van der Waals surface area contributed by atoms with Crippen molar-refractivity contribution < 1.29 is 14.6 Å². The second-order valence-electron chi connectivity index (χ2n) is 3.61. The number of carbonyl (C=O) groups excluding carboxylic acids is 1. The van der Waals surface area contributed by atoms with Crippen LogP contribution in [0.4, 0.5) is 0 Å². The Bertz CT molecular complexity index is 210. The Labute approximate surface area is 88.8 Å². The van der Waals surface area contributed by atoms with E-state index in [1.54, 1.807) is 11.8 Å². The van der Waals surface area contributed by atoms with Crippen molar-refractivity contribution >= 4 is 17.5 Å². The Hall–Kier alpha value is -0.320. The summed E-state index contributed by atoms with van der Waals surface area (Å²) in [6.07, 6.45) is -0.321. The van der Waals surface area contributed by atoms with Gasteiger partial charge in [0.05, 0.1) is 18.8 Å². The standard InChI is InChI=1S/C9H16ClNO3/c1-6-3-11(9(13)7(2)10)4-8(5-12)14-6/h6-8,12H,3-5H2,1-2H3. The van der Waals surface area contributed by atoms with Crippen LogP contribution < -0.4 is 0 Å². The minimum Gasteiger partial charge on any atom is -0.394 e. The lowest BCUT2D eigenvalue weighted by Gasteiger charge is -2.36. The molecule has 1 aliphatic rings. The number of amides is 1. The largest absolute Gasteiger partial charge is 0.394 e. The molecule has 0 aromatic rings. The molecule has 1 fully saturated rings. The van der Waals surface area contributed by atoms with Crippen molar-refractivity contribution in [1.82, 2.24) is 4.90 Å². The van der Waals surface area contributed by atoms with Crippen molar-refractivity contribution in [2.45, 2.75) is 31.4 Å². The highest BCUT2D eigenvalue weighted by atomic mass is 35.5. The van der Waals surface area contributed by atoms with Crippen LogP contribution in [-0.4, -0.2) is 53.2 Å². The number of rotatable bonds is 2. The van der Waals surface area contributed by atoms with E-state index in [-0.39, 0.29) is 24.7 Å². The van der Waals surface area contributed by atoms with Gasteiger partial charge in [-0.05, 0) is 13.8 Å². The maximum absolute atomic E-state index is 11.6. The van der Waals surface area contributed by atoms with Crippen LogP contribution in [0, 0.1) is 0 Å². The molecule has 5 heteroatoms. The molecule has 0 saturated carbocycles. The molecule has 14 heavy (non-hydrogen) atoms. The van der Waals surface area contributed by atoms with E-state index in [2.05, 4.69) is 0 Å². The van der Waals surface area contributed by atoms with Crippen molar-refractivity contribution in [2.24, 2.45) is 0 Å². The van der Waals surface area contributed by atoms with Crippen LogP contribution >= 0.6 is 11.6 Å². The minimum atomic E-state index is -0.514. The van der Waals surface area contributed by atoms with E-state index in [1.807, 2.05) is 6.92 Å². The molecule has 0 bridgehead atoms. The first-order valence-corrected chi connectivity index (χ1v) is 5.17. The first kappa shape index (κ1) is 11.8. The highest BCUT2D eigenvalue weighted by Gasteiger charge is 2.29. The molecule has 0 aromatic heterocycles. The maximum Gasteiger partial charge on any atom is 0.240 e. The molecule has 1 N–H and O–H groups in total. The van der Waals surface area contributed by atoms with E-state index in [0.29, 0.717) is 13.1 Å². The van der Waals surface area contributed by atoms with Crippen molar-refractivity contribution in [3.8, 4) is 0 Å². The molecule has 4 nitrogen and oxygen atoms in total. The average molecular weight is 222 g/mol. The fourth-order valence-corrected chi connectivity index (χ4v) is 1.72. The van der Waals surface area contributed by atoms with E-state index in [9.17, 15) is 4.79 Å².